The van der Waals surface area contributed by atoms with E-state index in [0.29, 0.717) is 31.4 Å². The summed E-state index contributed by atoms with van der Waals surface area (Å²) < 4.78 is 5.42. The highest BCUT2D eigenvalue weighted by molar-refractivity contribution is 7.80. The number of ether oxygens (including phenoxy) is 1. The summed E-state index contributed by atoms with van der Waals surface area (Å²) in [7, 11) is 0. The van der Waals surface area contributed by atoms with Crippen molar-refractivity contribution < 1.29 is 9.53 Å². The van der Waals surface area contributed by atoms with Crippen LogP contribution in [0.5, 0.6) is 0 Å². The maximum absolute atomic E-state index is 11.3. The van der Waals surface area contributed by atoms with E-state index in [9.17, 15) is 4.79 Å². The Balaban J connectivity index is 2.03. The molecule has 22 heavy (non-hydrogen) atoms. The van der Waals surface area contributed by atoms with Crippen molar-refractivity contribution >= 4 is 28.9 Å². The van der Waals surface area contributed by atoms with Crippen LogP contribution in [0.1, 0.15) is 19.4 Å². The quantitative estimate of drug-likeness (QED) is 0.505. The van der Waals surface area contributed by atoms with Crippen LogP contribution in [0.15, 0.2) is 24.3 Å². The molecule has 5 nitrogen and oxygen atoms in total. The molecule has 0 radical (unpaired) electrons. The second-order valence-electron chi connectivity index (χ2n) is 5.31. The molecule has 0 heterocycles. The van der Waals surface area contributed by atoms with E-state index in [1.807, 2.05) is 45.0 Å². The molecule has 0 saturated heterocycles. The van der Waals surface area contributed by atoms with Crippen LogP contribution in [0.25, 0.3) is 0 Å². The highest BCUT2D eigenvalue weighted by Gasteiger charge is 2.04. The number of nitrogens with one attached hydrogen (secondary N) is 3. The summed E-state index contributed by atoms with van der Waals surface area (Å²) in [5.74, 6) is 0.0529. The molecule has 0 aliphatic rings. The first-order valence-electron chi connectivity index (χ1n) is 7.46. The molecule has 0 aliphatic carbocycles. The first kappa shape index (κ1) is 18.4. The van der Waals surface area contributed by atoms with Gasteiger partial charge in [-0.05, 0) is 31.3 Å². The molecule has 1 rings (SSSR count). The third-order valence-corrected chi connectivity index (χ3v) is 3.16. The average molecular weight is 323 g/mol. The topological polar surface area (TPSA) is 62.4 Å². The van der Waals surface area contributed by atoms with E-state index in [0.717, 1.165) is 5.69 Å². The summed E-state index contributed by atoms with van der Waals surface area (Å²) in [4.78, 5) is 11.3. The number of hydrogen-bond donors (Lipinski definition) is 3. The van der Waals surface area contributed by atoms with E-state index in [2.05, 4.69) is 16.0 Å². The lowest BCUT2D eigenvalue weighted by molar-refractivity contribution is -0.124. The second kappa shape index (κ2) is 10.1. The summed E-state index contributed by atoms with van der Waals surface area (Å²) >= 11 is 5.20. The van der Waals surface area contributed by atoms with Gasteiger partial charge in [-0.3, -0.25) is 4.79 Å². The Morgan fingerprint density at radius 1 is 1.14 bits per heavy atom. The molecule has 0 fully saturated rings. The van der Waals surface area contributed by atoms with Crippen LogP contribution in [-0.2, 0) is 9.53 Å². The van der Waals surface area contributed by atoms with Gasteiger partial charge in [-0.25, -0.2) is 0 Å². The molecular formula is C16H25N3O2S. The van der Waals surface area contributed by atoms with Crippen LogP contribution in [-0.4, -0.2) is 37.3 Å². The molecule has 1 aromatic carbocycles. The SMILES string of the molecule is Cc1ccc(NC(=S)NCCOCCNC(=O)C(C)C)cc1. The van der Waals surface area contributed by atoms with E-state index in [4.69, 9.17) is 17.0 Å². The Morgan fingerprint density at radius 3 is 2.32 bits per heavy atom. The number of carbonyl (C=O) groups excluding carboxylic acids is 1. The molecule has 1 aromatic rings. The summed E-state index contributed by atoms with van der Waals surface area (Å²) in [6.07, 6.45) is 0. The van der Waals surface area contributed by atoms with Gasteiger partial charge in [0, 0.05) is 24.7 Å². The Bertz CT molecular complexity index is 475. The van der Waals surface area contributed by atoms with Crippen molar-refractivity contribution in [1.82, 2.24) is 10.6 Å². The monoisotopic (exact) mass is 323 g/mol. The first-order valence-corrected chi connectivity index (χ1v) is 7.87. The maximum atomic E-state index is 11.3. The summed E-state index contributed by atoms with van der Waals surface area (Å²) in [5, 5.41) is 9.54. The fraction of sp³-hybridized carbons (Fsp3) is 0.500. The minimum atomic E-state index is 0.00638. The molecule has 3 N–H and O–H groups in total. The molecule has 0 spiro atoms. The minimum Gasteiger partial charge on any atom is -0.378 e. The molecule has 0 aromatic heterocycles. The van der Waals surface area contributed by atoms with Crippen LogP contribution in [0.4, 0.5) is 5.69 Å². The standard InChI is InChI=1S/C16H25N3O2S/c1-12(2)15(20)17-8-10-21-11-9-18-16(22)19-14-6-4-13(3)5-7-14/h4-7,12H,8-11H2,1-3H3,(H,17,20)(H2,18,19,22). The third kappa shape index (κ3) is 7.95. The number of hydrogen-bond acceptors (Lipinski definition) is 3. The van der Waals surface area contributed by atoms with Gasteiger partial charge >= 0.3 is 0 Å². The largest absolute Gasteiger partial charge is 0.378 e. The number of anilines is 1. The number of aryl methyl sites for hydroxylation is 1. The zero-order chi connectivity index (χ0) is 16.4. The van der Waals surface area contributed by atoms with Gasteiger partial charge in [-0.2, -0.15) is 0 Å². The molecule has 122 valence electrons. The lowest BCUT2D eigenvalue weighted by Gasteiger charge is -2.11. The number of benzene rings is 1. The summed E-state index contributed by atoms with van der Waals surface area (Å²) in [6.45, 7) is 7.95. The van der Waals surface area contributed by atoms with Crippen molar-refractivity contribution in [3.8, 4) is 0 Å². The van der Waals surface area contributed by atoms with E-state index in [1.165, 1.54) is 5.56 Å². The molecule has 6 heteroatoms. The van der Waals surface area contributed by atoms with Crippen LogP contribution < -0.4 is 16.0 Å². The molecule has 0 bridgehead atoms. The Labute approximate surface area is 137 Å². The third-order valence-electron chi connectivity index (χ3n) is 2.91. The Morgan fingerprint density at radius 2 is 1.73 bits per heavy atom. The van der Waals surface area contributed by atoms with Crippen molar-refractivity contribution in [2.45, 2.75) is 20.8 Å². The second-order valence-corrected chi connectivity index (χ2v) is 5.71. The van der Waals surface area contributed by atoms with E-state index >= 15 is 0 Å². The smallest absolute Gasteiger partial charge is 0.222 e. The van der Waals surface area contributed by atoms with Gasteiger partial charge in [0.15, 0.2) is 5.11 Å². The predicted molar refractivity (Wildman–Crippen MR) is 94.1 cm³/mol. The molecule has 0 saturated carbocycles. The Hall–Kier alpha value is -1.66. The van der Waals surface area contributed by atoms with Gasteiger partial charge in [-0.1, -0.05) is 31.5 Å². The van der Waals surface area contributed by atoms with E-state index in [-0.39, 0.29) is 11.8 Å². The van der Waals surface area contributed by atoms with Crippen LogP contribution in [0.3, 0.4) is 0 Å². The lowest BCUT2D eigenvalue weighted by Crippen LogP contribution is -2.33. The van der Waals surface area contributed by atoms with E-state index < -0.39 is 0 Å². The maximum Gasteiger partial charge on any atom is 0.222 e. The number of amides is 1. The van der Waals surface area contributed by atoms with Crippen molar-refractivity contribution in [3.05, 3.63) is 29.8 Å². The predicted octanol–water partition coefficient (Wildman–Crippen LogP) is 2.07. The van der Waals surface area contributed by atoms with Gasteiger partial charge in [-0.15, -0.1) is 0 Å². The van der Waals surface area contributed by atoms with Crippen molar-refractivity contribution in [2.24, 2.45) is 5.92 Å². The van der Waals surface area contributed by atoms with Gasteiger partial charge in [0.25, 0.3) is 0 Å². The van der Waals surface area contributed by atoms with Gasteiger partial charge in [0.1, 0.15) is 0 Å². The van der Waals surface area contributed by atoms with Crippen LogP contribution >= 0.6 is 12.2 Å². The number of rotatable bonds is 8. The minimum absolute atomic E-state index is 0.00638. The molecule has 0 atom stereocenters. The zero-order valence-corrected chi connectivity index (χ0v) is 14.3. The van der Waals surface area contributed by atoms with Crippen LogP contribution in [0.2, 0.25) is 0 Å². The fourth-order valence-electron chi connectivity index (χ4n) is 1.60. The van der Waals surface area contributed by atoms with Crippen LogP contribution in [0, 0.1) is 12.8 Å². The molecular weight excluding hydrogens is 298 g/mol. The van der Waals surface area contributed by atoms with Crippen molar-refractivity contribution in [2.75, 3.05) is 31.6 Å². The van der Waals surface area contributed by atoms with Crippen molar-refractivity contribution in [1.29, 1.82) is 0 Å². The molecule has 0 aliphatic heterocycles. The average Bonchev–Trinajstić information content (AvgIpc) is 2.48. The van der Waals surface area contributed by atoms with Crippen molar-refractivity contribution in [3.63, 3.8) is 0 Å². The highest BCUT2D eigenvalue weighted by Crippen LogP contribution is 2.07. The van der Waals surface area contributed by atoms with E-state index in [1.54, 1.807) is 0 Å². The molecule has 0 unspecified atom stereocenters. The Kier molecular flexibility index (Phi) is 8.47. The zero-order valence-electron chi connectivity index (χ0n) is 13.4. The molecule has 1 amide bonds. The summed E-state index contributed by atoms with van der Waals surface area (Å²) in [6, 6.07) is 8.02. The fourth-order valence-corrected chi connectivity index (χ4v) is 1.82. The van der Waals surface area contributed by atoms with Gasteiger partial charge in [0.05, 0.1) is 13.2 Å². The van der Waals surface area contributed by atoms with Gasteiger partial charge in [0.2, 0.25) is 5.91 Å². The van der Waals surface area contributed by atoms with Gasteiger partial charge < -0.3 is 20.7 Å². The number of carbonyl (C=O) groups is 1. The normalized spacial score (nSPS) is 10.4. The highest BCUT2D eigenvalue weighted by atomic mass is 32.1. The number of thiocarbonyl (C=S) groups is 1. The lowest BCUT2D eigenvalue weighted by atomic mass is 10.2. The summed E-state index contributed by atoms with van der Waals surface area (Å²) in [5.41, 5.74) is 2.17. The first-order chi connectivity index (χ1) is 10.5.